The second-order valence-corrected chi connectivity index (χ2v) is 11.4. The average molecular weight is 409 g/mol. The number of hydrogen-bond acceptors (Lipinski definition) is 2. The highest BCUT2D eigenvalue weighted by atomic mass is 79.9. The summed E-state index contributed by atoms with van der Waals surface area (Å²) in [5.41, 5.74) is -0.117. The molecule has 4 bridgehead atoms. The molecule has 5 aliphatic carbocycles. The number of nitrogens with zero attached hydrogens (tertiary/aromatic N) is 1. The predicted octanol–water partition coefficient (Wildman–Crippen LogP) is 3.24. The zero-order valence-electron chi connectivity index (χ0n) is 14.9. The first kappa shape index (κ1) is 16.6. The van der Waals surface area contributed by atoms with Crippen LogP contribution in [0.5, 0.6) is 0 Å². The molecule has 6 rings (SSSR count). The van der Waals surface area contributed by atoms with Gasteiger partial charge < -0.3 is 10.2 Å². The molecule has 6 aliphatic rings. The molecule has 0 aromatic rings. The number of rotatable bonds is 3. The van der Waals surface area contributed by atoms with Gasteiger partial charge >= 0.3 is 0 Å². The van der Waals surface area contributed by atoms with Gasteiger partial charge in [-0.1, -0.05) is 15.9 Å². The molecule has 138 valence electrons. The highest BCUT2D eigenvalue weighted by Gasteiger charge is 2.59. The van der Waals surface area contributed by atoms with Crippen LogP contribution in [-0.2, 0) is 9.59 Å². The monoisotopic (exact) mass is 408 g/mol. The fourth-order valence-corrected chi connectivity index (χ4v) is 8.04. The molecule has 0 radical (unpaired) electrons. The summed E-state index contributed by atoms with van der Waals surface area (Å²) in [5.74, 6) is 2.46. The number of halogens is 1. The van der Waals surface area contributed by atoms with Gasteiger partial charge in [-0.3, -0.25) is 9.59 Å². The Balaban J connectivity index is 1.20. The van der Waals surface area contributed by atoms with E-state index >= 15 is 0 Å². The number of likely N-dealkylation sites (tertiary alicyclic amines) is 1. The molecule has 2 atom stereocenters. The van der Waals surface area contributed by atoms with Crippen LogP contribution in [0.25, 0.3) is 0 Å². The third-order valence-electron chi connectivity index (χ3n) is 7.54. The fraction of sp³-hybridized carbons (Fsp3) is 0.900. The lowest BCUT2D eigenvalue weighted by Crippen LogP contribution is -2.60. The summed E-state index contributed by atoms with van der Waals surface area (Å²) >= 11 is 4.01. The molecule has 5 heteroatoms. The molecule has 2 amide bonds. The first-order valence-electron chi connectivity index (χ1n) is 10.2. The second-order valence-electron chi connectivity index (χ2n) is 9.74. The maximum Gasteiger partial charge on any atom is 0.226 e. The fourth-order valence-electron chi connectivity index (χ4n) is 6.59. The normalized spacial score (nSPS) is 43.3. The number of piperidine rings is 1. The van der Waals surface area contributed by atoms with E-state index < -0.39 is 0 Å². The van der Waals surface area contributed by atoms with Crippen molar-refractivity contribution in [2.24, 2.45) is 23.2 Å². The van der Waals surface area contributed by atoms with Crippen LogP contribution < -0.4 is 5.32 Å². The van der Waals surface area contributed by atoms with Crippen molar-refractivity contribution in [1.82, 2.24) is 10.2 Å². The Kier molecular flexibility index (Phi) is 3.79. The number of carbonyl (C=O) groups excluding carboxylic acids is 2. The molecule has 5 saturated carbocycles. The molecule has 4 nitrogen and oxygen atoms in total. The van der Waals surface area contributed by atoms with Gasteiger partial charge in [0, 0.05) is 29.4 Å². The van der Waals surface area contributed by atoms with E-state index in [0.29, 0.717) is 17.7 Å². The Bertz CT molecular complexity index is 581. The van der Waals surface area contributed by atoms with Crippen LogP contribution in [0.15, 0.2) is 0 Å². The summed E-state index contributed by atoms with van der Waals surface area (Å²) in [4.78, 5) is 27.4. The molecule has 0 spiro atoms. The van der Waals surface area contributed by atoms with E-state index in [1.54, 1.807) is 0 Å². The summed E-state index contributed by atoms with van der Waals surface area (Å²) in [6, 6.07) is 0.259. The van der Waals surface area contributed by atoms with Gasteiger partial charge in [0.05, 0.1) is 5.41 Å². The van der Waals surface area contributed by atoms with Crippen molar-refractivity contribution in [3.63, 3.8) is 0 Å². The van der Waals surface area contributed by atoms with Crippen LogP contribution in [0.1, 0.15) is 64.2 Å². The first-order valence-corrected chi connectivity index (χ1v) is 11.0. The average Bonchev–Trinajstić information content (AvgIpc) is 3.37. The van der Waals surface area contributed by atoms with Crippen LogP contribution in [-0.4, -0.2) is 40.2 Å². The van der Waals surface area contributed by atoms with Crippen molar-refractivity contribution in [3.05, 3.63) is 0 Å². The standard InChI is InChI=1S/C20H29BrN2O2/c21-20-10-13-7-14(11-20)9-19(8-13,12-20)18(25)22-16-3-5-23(6-4-16)17(24)15-1-2-15/h13-16H,1-12H2,(H,22,25). The Morgan fingerprint density at radius 2 is 1.60 bits per heavy atom. The molecule has 6 fully saturated rings. The smallest absolute Gasteiger partial charge is 0.226 e. The molecule has 0 aromatic heterocycles. The van der Waals surface area contributed by atoms with Crippen LogP contribution in [0.2, 0.25) is 0 Å². The third kappa shape index (κ3) is 2.94. The van der Waals surface area contributed by atoms with Gasteiger partial charge in [-0.2, -0.15) is 0 Å². The SMILES string of the molecule is O=C(C1CC1)N1CCC(NC(=O)C23CC4CC(CC(Br)(C4)C2)C3)CC1. The lowest BCUT2D eigenvalue weighted by Gasteiger charge is -2.59. The Morgan fingerprint density at radius 3 is 2.16 bits per heavy atom. The van der Waals surface area contributed by atoms with Crippen molar-refractivity contribution in [1.29, 1.82) is 0 Å². The third-order valence-corrected chi connectivity index (χ3v) is 8.47. The molecule has 1 heterocycles. The molecule has 0 aromatic carbocycles. The van der Waals surface area contributed by atoms with Gasteiger partial charge in [0.1, 0.15) is 0 Å². The summed E-state index contributed by atoms with van der Waals surface area (Å²) in [5, 5.41) is 3.40. The summed E-state index contributed by atoms with van der Waals surface area (Å²) in [6.45, 7) is 1.64. The van der Waals surface area contributed by atoms with Gasteiger partial charge in [0.15, 0.2) is 0 Å². The van der Waals surface area contributed by atoms with Crippen LogP contribution in [0.3, 0.4) is 0 Å². The largest absolute Gasteiger partial charge is 0.353 e. The van der Waals surface area contributed by atoms with E-state index in [-0.39, 0.29) is 15.8 Å². The van der Waals surface area contributed by atoms with Crippen molar-refractivity contribution in [2.45, 2.75) is 74.6 Å². The van der Waals surface area contributed by atoms with E-state index in [9.17, 15) is 9.59 Å². The van der Waals surface area contributed by atoms with Crippen molar-refractivity contribution >= 4 is 27.7 Å². The highest BCUT2D eigenvalue weighted by Crippen LogP contribution is 2.64. The summed E-state index contributed by atoms with van der Waals surface area (Å²) < 4.78 is 0.231. The molecule has 1 saturated heterocycles. The molecule has 25 heavy (non-hydrogen) atoms. The van der Waals surface area contributed by atoms with Gasteiger partial charge in [0.2, 0.25) is 11.8 Å². The van der Waals surface area contributed by atoms with Gasteiger partial charge in [0.25, 0.3) is 0 Å². The van der Waals surface area contributed by atoms with E-state index in [1.165, 1.54) is 19.3 Å². The minimum absolute atomic E-state index is 0.117. The van der Waals surface area contributed by atoms with Crippen molar-refractivity contribution < 1.29 is 9.59 Å². The molecule has 1 N–H and O–H groups in total. The maximum atomic E-state index is 13.2. The molecule has 2 unspecified atom stereocenters. The second kappa shape index (κ2) is 5.71. The van der Waals surface area contributed by atoms with Gasteiger partial charge in [-0.05, 0) is 76.0 Å². The molecule has 1 aliphatic heterocycles. The van der Waals surface area contributed by atoms with E-state index in [0.717, 1.165) is 69.9 Å². The zero-order chi connectivity index (χ0) is 17.2. The van der Waals surface area contributed by atoms with E-state index in [2.05, 4.69) is 21.2 Å². The maximum absolute atomic E-state index is 13.2. The van der Waals surface area contributed by atoms with Crippen molar-refractivity contribution in [3.8, 4) is 0 Å². The number of alkyl halides is 1. The molecular weight excluding hydrogens is 380 g/mol. The van der Waals surface area contributed by atoms with E-state index in [4.69, 9.17) is 0 Å². The summed E-state index contributed by atoms with van der Waals surface area (Å²) in [6.07, 6.45) is 11.1. The quantitative estimate of drug-likeness (QED) is 0.728. The lowest BCUT2D eigenvalue weighted by molar-refractivity contribution is -0.145. The molecular formula is C20H29BrN2O2. The number of hydrogen-bond donors (Lipinski definition) is 1. The number of amides is 2. The van der Waals surface area contributed by atoms with Gasteiger partial charge in [-0.25, -0.2) is 0 Å². The van der Waals surface area contributed by atoms with E-state index in [1.807, 2.05) is 4.90 Å². The van der Waals surface area contributed by atoms with Crippen LogP contribution in [0, 0.1) is 23.2 Å². The topological polar surface area (TPSA) is 49.4 Å². The Hall–Kier alpha value is -0.580. The number of carbonyl (C=O) groups is 2. The van der Waals surface area contributed by atoms with Crippen LogP contribution >= 0.6 is 15.9 Å². The zero-order valence-corrected chi connectivity index (χ0v) is 16.5. The Labute approximate surface area is 158 Å². The Morgan fingerprint density at radius 1 is 0.960 bits per heavy atom. The minimum Gasteiger partial charge on any atom is -0.353 e. The lowest BCUT2D eigenvalue weighted by atomic mass is 9.49. The first-order chi connectivity index (χ1) is 11.9. The predicted molar refractivity (Wildman–Crippen MR) is 99.2 cm³/mol. The number of nitrogens with one attached hydrogen (secondary N) is 1. The summed E-state index contributed by atoms with van der Waals surface area (Å²) in [7, 11) is 0. The highest BCUT2D eigenvalue weighted by molar-refractivity contribution is 9.10. The van der Waals surface area contributed by atoms with Gasteiger partial charge in [-0.15, -0.1) is 0 Å². The van der Waals surface area contributed by atoms with Crippen molar-refractivity contribution in [2.75, 3.05) is 13.1 Å². The van der Waals surface area contributed by atoms with Crippen LogP contribution in [0.4, 0.5) is 0 Å². The minimum atomic E-state index is -0.117.